The quantitative estimate of drug-likeness (QED) is 0.477. The Kier molecular flexibility index (Phi) is 5.40. The van der Waals surface area contributed by atoms with Crippen LogP contribution in [0.5, 0.6) is 0 Å². The number of anilines is 1. The van der Waals surface area contributed by atoms with E-state index in [0.29, 0.717) is 34.3 Å². The number of benzene rings is 2. The first-order valence-corrected chi connectivity index (χ1v) is 9.58. The summed E-state index contributed by atoms with van der Waals surface area (Å²) >= 11 is 5.93. The van der Waals surface area contributed by atoms with E-state index >= 15 is 0 Å². The van der Waals surface area contributed by atoms with Crippen LogP contribution in [0.15, 0.2) is 82.7 Å². The molecule has 0 atom stereocenters. The minimum Gasteiger partial charge on any atom is -0.365 e. The molecule has 0 saturated heterocycles. The molecule has 144 valence electrons. The average molecular weight is 403 g/mol. The number of hydrogen-bond donors (Lipinski definition) is 1. The highest BCUT2D eigenvalue weighted by Gasteiger charge is 2.11. The minimum atomic E-state index is -0.174. The molecule has 1 N–H and O–H groups in total. The summed E-state index contributed by atoms with van der Waals surface area (Å²) in [5.41, 5.74) is 3.59. The summed E-state index contributed by atoms with van der Waals surface area (Å²) in [6, 6.07) is 20.9. The van der Waals surface area contributed by atoms with Crippen molar-refractivity contribution in [3.8, 4) is 0 Å². The maximum Gasteiger partial charge on any atom is 0.268 e. The maximum absolute atomic E-state index is 13.2. The Morgan fingerprint density at radius 2 is 1.83 bits per heavy atom. The van der Waals surface area contributed by atoms with Crippen molar-refractivity contribution in [3.05, 3.63) is 105 Å². The first-order chi connectivity index (χ1) is 14.1. The van der Waals surface area contributed by atoms with E-state index in [1.54, 1.807) is 41.1 Å². The standard InChI is InChI=1S/C23H19ClN4O/c1-16-7-12-21-27-22(26-13-17-5-3-2-4-6-17)20(23(29)28(21)15-16)14-25-19-10-8-18(24)9-11-19/h2-12,14-15,26H,13H2,1H3. The van der Waals surface area contributed by atoms with E-state index in [9.17, 15) is 4.79 Å². The van der Waals surface area contributed by atoms with Crippen molar-refractivity contribution in [2.75, 3.05) is 5.32 Å². The molecule has 5 nitrogen and oxygen atoms in total. The van der Waals surface area contributed by atoms with Crippen molar-refractivity contribution in [2.45, 2.75) is 13.5 Å². The molecule has 0 fully saturated rings. The normalized spacial score (nSPS) is 11.2. The zero-order chi connectivity index (χ0) is 20.2. The lowest BCUT2D eigenvalue weighted by atomic mass is 10.2. The van der Waals surface area contributed by atoms with E-state index < -0.39 is 0 Å². The fraction of sp³-hybridized carbons (Fsp3) is 0.0870. The van der Waals surface area contributed by atoms with E-state index in [-0.39, 0.29) is 5.56 Å². The van der Waals surface area contributed by atoms with Gasteiger partial charge in [-0.3, -0.25) is 14.2 Å². The Bertz CT molecular complexity index is 1230. The number of nitrogens with zero attached hydrogens (tertiary/aromatic N) is 3. The summed E-state index contributed by atoms with van der Waals surface area (Å²) < 4.78 is 1.55. The molecule has 6 heteroatoms. The number of pyridine rings is 1. The van der Waals surface area contributed by atoms with Gasteiger partial charge in [0.1, 0.15) is 17.0 Å². The number of nitrogens with one attached hydrogen (secondary N) is 1. The Labute approximate surface area is 173 Å². The lowest BCUT2D eigenvalue weighted by Gasteiger charge is -2.11. The summed E-state index contributed by atoms with van der Waals surface area (Å²) in [6.45, 7) is 2.49. The molecule has 0 radical (unpaired) electrons. The van der Waals surface area contributed by atoms with Crippen LogP contribution in [0.3, 0.4) is 0 Å². The van der Waals surface area contributed by atoms with E-state index in [1.165, 1.54) is 0 Å². The van der Waals surface area contributed by atoms with Gasteiger partial charge >= 0.3 is 0 Å². The van der Waals surface area contributed by atoms with Gasteiger partial charge in [-0.05, 0) is 48.4 Å². The second-order valence-corrected chi connectivity index (χ2v) is 7.12. The van der Waals surface area contributed by atoms with Crippen LogP contribution in [-0.4, -0.2) is 15.6 Å². The van der Waals surface area contributed by atoms with Crippen LogP contribution >= 0.6 is 11.6 Å². The summed E-state index contributed by atoms with van der Waals surface area (Å²) in [5, 5.41) is 3.92. The van der Waals surface area contributed by atoms with Gasteiger partial charge in [0, 0.05) is 24.0 Å². The van der Waals surface area contributed by atoms with E-state index in [2.05, 4.69) is 15.3 Å². The van der Waals surface area contributed by atoms with Crippen LogP contribution in [0.1, 0.15) is 16.7 Å². The van der Waals surface area contributed by atoms with Gasteiger partial charge in [-0.2, -0.15) is 0 Å². The fourth-order valence-corrected chi connectivity index (χ4v) is 3.08. The lowest BCUT2D eigenvalue weighted by Crippen LogP contribution is -2.22. The number of rotatable bonds is 5. The molecule has 2 aromatic heterocycles. The van der Waals surface area contributed by atoms with Crippen LogP contribution in [0, 0.1) is 6.92 Å². The predicted octanol–water partition coefficient (Wildman–Crippen LogP) is 5.02. The van der Waals surface area contributed by atoms with Gasteiger partial charge in [-0.15, -0.1) is 0 Å². The number of aromatic nitrogens is 2. The topological polar surface area (TPSA) is 58.8 Å². The molecule has 2 aromatic carbocycles. The van der Waals surface area contributed by atoms with Gasteiger partial charge in [-0.25, -0.2) is 4.98 Å². The Morgan fingerprint density at radius 3 is 2.59 bits per heavy atom. The van der Waals surface area contributed by atoms with Crippen LogP contribution in [0.4, 0.5) is 11.5 Å². The van der Waals surface area contributed by atoms with Gasteiger partial charge in [0.15, 0.2) is 0 Å². The molecule has 0 aliphatic carbocycles. The Hall–Kier alpha value is -3.44. The van der Waals surface area contributed by atoms with Gasteiger partial charge in [0.05, 0.1) is 5.69 Å². The van der Waals surface area contributed by atoms with E-state index in [1.807, 2.05) is 49.4 Å². The SMILES string of the molecule is Cc1ccc2nc(NCc3ccccc3)c(C=Nc3ccc(Cl)cc3)c(=O)n2c1. The number of aliphatic imine (C=N–C) groups is 1. The largest absolute Gasteiger partial charge is 0.365 e. The molecule has 0 aliphatic rings. The molecule has 0 spiro atoms. The number of halogens is 1. The van der Waals surface area contributed by atoms with Crippen molar-refractivity contribution in [2.24, 2.45) is 4.99 Å². The molecular weight excluding hydrogens is 384 g/mol. The highest BCUT2D eigenvalue weighted by atomic mass is 35.5. The van der Waals surface area contributed by atoms with Gasteiger partial charge in [-0.1, -0.05) is 48.0 Å². The van der Waals surface area contributed by atoms with E-state index in [4.69, 9.17) is 11.6 Å². The third kappa shape index (κ3) is 4.36. The molecule has 0 bridgehead atoms. The third-order valence-corrected chi connectivity index (χ3v) is 4.73. The van der Waals surface area contributed by atoms with Crippen molar-refractivity contribution in [1.82, 2.24) is 9.38 Å². The summed E-state index contributed by atoms with van der Waals surface area (Å²) in [4.78, 5) is 22.3. The summed E-state index contributed by atoms with van der Waals surface area (Å²) in [7, 11) is 0. The van der Waals surface area contributed by atoms with Crippen LogP contribution < -0.4 is 10.9 Å². The lowest BCUT2D eigenvalue weighted by molar-refractivity contribution is 1.01. The highest BCUT2D eigenvalue weighted by Crippen LogP contribution is 2.17. The van der Waals surface area contributed by atoms with Crippen molar-refractivity contribution in [1.29, 1.82) is 0 Å². The van der Waals surface area contributed by atoms with Crippen molar-refractivity contribution < 1.29 is 0 Å². The molecule has 0 unspecified atom stereocenters. The number of hydrogen-bond acceptors (Lipinski definition) is 4. The summed E-state index contributed by atoms with van der Waals surface area (Å²) in [5.74, 6) is 0.500. The highest BCUT2D eigenvalue weighted by molar-refractivity contribution is 6.30. The molecular formula is C23H19ClN4O. The average Bonchev–Trinajstić information content (AvgIpc) is 2.74. The molecule has 29 heavy (non-hydrogen) atoms. The maximum atomic E-state index is 13.2. The number of fused-ring (bicyclic) bond motifs is 1. The molecule has 0 amide bonds. The second-order valence-electron chi connectivity index (χ2n) is 6.69. The van der Waals surface area contributed by atoms with Gasteiger partial charge in [0.25, 0.3) is 5.56 Å². The monoisotopic (exact) mass is 402 g/mol. The molecule has 4 rings (SSSR count). The van der Waals surface area contributed by atoms with Crippen LogP contribution in [0.25, 0.3) is 5.65 Å². The van der Waals surface area contributed by atoms with E-state index in [0.717, 1.165) is 11.1 Å². The third-order valence-electron chi connectivity index (χ3n) is 4.48. The fourth-order valence-electron chi connectivity index (χ4n) is 2.96. The number of aryl methyl sites for hydroxylation is 1. The van der Waals surface area contributed by atoms with Gasteiger partial charge in [0.2, 0.25) is 0 Å². The smallest absolute Gasteiger partial charge is 0.268 e. The molecule has 0 saturated carbocycles. The molecule has 2 heterocycles. The van der Waals surface area contributed by atoms with Crippen LogP contribution in [0.2, 0.25) is 5.02 Å². The predicted molar refractivity (Wildman–Crippen MR) is 119 cm³/mol. The first-order valence-electron chi connectivity index (χ1n) is 9.20. The first kappa shape index (κ1) is 18.9. The Morgan fingerprint density at radius 1 is 1.07 bits per heavy atom. The molecule has 4 aromatic rings. The zero-order valence-corrected chi connectivity index (χ0v) is 16.6. The van der Waals surface area contributed by atoms with Crippen LogP contribution in [-0.2, 0) is 6.54 Å². The second kappa shape index (κ2) is 8.29. The zero-order valence-electron chi connectivity index (χ0n) is 15.8. The summed E-state index contributed by atoms with van der Waals surface area (Å²) in [6.07, 6.45) is 3.34. The van der Waals surface area contributed by atoms with Gasteiger partial charge < -0.3 is 5.32 Å². The minimum absolute atomic E-state index is 0.174. The van der Waals surface area contributed by atoms with Crippen molar-refractivity contribution >= 4 is 35.0 Å². The van der Waals surface area contributed by atoms with Crippen molar-refractivity contribution in [3.63, 3.8) is 0 Å². The molecule has 0 aliphatic heterocycles. The Balaban J connectivity index is 1.77.